The van der Waals surface area contributed by atoms with Crippen LogP contribution in [0.2, 0.25) is 0 Å². The van der Waals surface area contributed by atoms with Crippen molar-refractivity contribution < 1.29 is 28.3 Å². The number of carbonyl (C=O) groups is 1. The first-order chi connectivity index (χ1) is 14.5. The van der Waals surface area contributed by atoms with Crippen LogP contribution in [0.4, 0.5) is 5.69 Å². The fourth-order valence-corrected chi connectivity index (χ4v) is 2.45. The maximum absolute atomic E-state index is 12.0. The van der Waals surface area contributed by atoms with Crippen LogP contribution in [-0.4, -0.2) is 35.3 Å². The van der Waals surface area contributed by atoms with Crippen molar-refractivity contribution in [3.05, 3.63) is 70.1 Å². The van der Waals surface area contributed by atoms with E-state index >= 15 is 0 Å². The number of non-ortho nitro benzene ring substituents is 1. The van der Waals surface area contributed by atoms with E-state index in [1.807, 2.05) is 0 Å². The number of aromatic nitrogens is 2. The molecule has 0 spiro atoms. The molecule has 30 heavy (non-hydrogen) atoms. The molecule has 1 aromatic heterocycles. The molecule has 3 rings (SSSR count). The Morgan fingerprint density at radius 3 is 2.57 bits per heavy atom. The molecule has 0 unspecified atom stereocenters. The molecular formula is C20H17N3O7. The lowest BCUT2D eigenvalue weighted by atomic mass is 10.2. The van der Waals surface area contributed by atoms with Crippen molar-refractivity contribution in [1.29, 1.82) is 0 Å². The number of hydrogen-bond acceptors (Lipinski definition) is 9. The monoisotopic (exact) mass is 411 g/mol. The maximum atomic E-state index is 12.0. The van der Waals surface area contributed by atoms with Gasteiger partial charge < -0.3 is 18.6 Å². The summed E-state index contributed by atoms with van der Waals surface area (Å²) in [6, 6.07) is 10.8. The van der Waals surface area contributed by atoms with Crippen molar-refractivity contribution in [3.63, 3.8) is 0 Å². The zero-order chi connectivity index (χ0) is 21.5. The number of carbonyl (C=O) groups excluding carboxylic acids is 1. The molecule has 0 aliphatic rings. The van der Waals surface area contributed by atoms with E-state index in [0.29, 0.717) is 22.6 Å². The van der Waals surface area contributed by atoms with Crippen molar-refractivity contribution in [1.82, 2.24) is 10.2 Å². The summed E-state index contributed by atoms with van der Waals surface area (Å²) >= 11 is 0. The van der Waals surface area contributed by atoms with Crippen molar-refractivity contribution in [2.45, 2.75) is 6.61 Å². The lowest BCUT2D eigenvalue weighted by Crippen LogP contribution is -2.01. The Morgan fingerprint density at radius 2 is 1.90 bits per heavy atom. The van der Waals surface area contributed by atoms with E-state index in [0.717, 1.165) is 0 Å². The standard InChI is InChI=1S/C20H17N3O7/c1-27-16-9-5-13(17(11-16)28-2)6-10-19(24)29-12-18-21-22-20(30-18)14-3-7-15(8-4-14)23(25)26/h3-11H,12H2,1-2H3/b10-6+. The lowest BCUT2D eigenvalue weighted by Gasteiger charge is -2.07. The Morgan fingerprint density at radius 1 is 1.13 bits per heavy atom. The summed E-state index contributed by atoms with van der Waals surface area (Å²) in [6.07, 6.45) is 2.80. The van der Waals surface area contributed by atoms with Gasteiger partial charge in [0.2, 0.25) is 5.89 Å². The molecule has 1 heterocycles. The van der Waals surface area contributed by atoms with E-state index in [9.17, 15) is 14.9 Å². The number of esters is 1. The van der Waals surface area contributed by atoms with Crippen LogP contribution in [0.1, 0.15) is 11.5 Å². The smallest absolute Gasteiger partial charge is 0.331 e. The quantitative estimate of drug-likeness (QED) is 0.237. The predicted octanol–water partition coefficient (Wildman–Crippen LogP) is 3.42. The largest absolute Gasteiger partial charge is 0.497 e. The van der Waals surface area contributed by atoms with Crippen LogP contribution in [0.15, 0.2) is 53.0 Å². The number of nitro benzene ring substituents is 1. The number of nitrogens with zero attached hydrogens (tertiary/aromatic N) is 3. The Bertz CT molecular complexity index is 1070. The van der Waals surface area contributed by atoms with Gasteiger partial charge in [0.1, 0.15) is 11.5 Å². The molecule has 10 nitrogen and oxygen atoms in total. The predicted molar refractivity (Wildman–Crippen MR) is 105 cm³/mol. The van der Waals surface area contributed by atoms with Gasteiger partial charge in [0, 0.05) is 35.4 Å². The summed E-state index contributed by atoms with van der Waals surface area (Å²) in [6.45, 7) is -0.219. The van der Waals surface area contributed by atoms with E-state index in [-0.39, 0.29) is 24.1 Å². The first kappa shape index (κ1) is 20.5. The van der Waals surface area contributed by atoms with Crippen molar-refractivity contribution in [2.24, 2.45) is 0 Å². The van der Waals surface area contributed by atoms with Gasteiger partial charge >= 0.3 is 5.97 Å². The second-order valence-corrected chi connectivity index (χ2v) is 5.85. The Labute approximate surface area is 170 Å². The summed E-state index contributed by atoms with van der Waals surface area (Å²) in [5.74, 6) is 0.819. The molecule has 10 heteroatoms. The molecule has 0 bridgehead atoms. The van der Waals surface area contributed by atoms with E-state index in [2.05, 4.69) is 10.2 Å². The van der Waals surface area contributed by atoms with E-state index in [1.54, 1.807) is 31.4 Å². The minimum Gasteiger partial charge on any atom is -0.497 e. The minimum absolute atomic E-state index is 0.0484. The molecule has 0 saturated heterocycles. The summed E-state index contributed by atoms with van der Waals surface area (Å²) < 4.78 is 20.9. The SMILES string of the molecule is COc1ccc(/C=C/C(=O)OCc2nnc(-c3ccc([N+](=O)[O-])cc3)o2)c(OC)c1. The van der Waals surface area contributed by atoms with E-state index in [1.165, 1.54) is 37.5 Å². The number of ether oxygens (including phenoxy) is 3. The number of nitro groups is 1. The van der Waals surface area contributed by atoms with Crippen LogP contribution in [0.25, 0.3) is 17.5 Å². The van der Waals surface area contributed by atoms with Gasteiger partial charge in [0.25, 0.3) is 11.6 Å². The minimum atomic E-state index is -0.608. The average molecular weight is 411 g/mol. The topological polar surface area (TPSA) is 127 Å². The summed E-state index contributed by atoms with van der Waals surface area (Å²) in [7, 11) is 3.06. The van der Waals surface area contributed by atoms with Gasteiger partial charge in [-0.15, -0.1) is 10.2 Å². The van der Waals surface area contributed by atoms with Crippen LogP contribution >= 0.6 is 0 Å². The van der Waals surface area contributed by atoms with Gasteiger partial charge in [0.15, 0.2) is 6.61 Å². The second kappa shape index (κ2) is 9.32. The molecule has 0 radical (unpaired) electrons. The molecular weight excluding hydrogens is 394 g/mol. The summed E-state index contributed by atoms with van der Waals surface area (Å²) in [5.41, 5.74) is 1.14. The molecule has 0 saturated carbocycles. The van der Waals surface area contributed by atoms with Gasteiger partial charge in [0.05, 0.1) is 19.1 Å². The van der Waals surface area contributed by atoms with Crippen LogP contribution in [0.5, 0.6) is 11.5 Å². The highest BCUT2D eigenvalue weighted by Gasteiger charge is 2.12. The van der Waals surface area contributed by atoms with E-state index in [4.69, 9.17) is 18.6 Å². The van der Waals surface area contributed by atoms with Gasteiger partial charge in [-0.2, -0.15) is 0 Å². The molecule has 0 aliphatic carbocycles. The maximum Gasteiger partial charge on any atom is 0.331 e. The molecule has 0 atom stereocenters. The third-order valence-corrected chi connectivity index (χ3v) is 3.97. The van der Waals surface area contributed by atoms with Crippen molar-refractivity contribution >= 4 is 17.7 Å². The highest BCUT2D eigenvalue weighted by atomic mass is 16.6. The summed E-state index contributed by atoms with van der Waals surface area (Å²) in [4.78, 5) is 22.2. The summed E-state index contributed by atoms with van der Waals surface area (Å²) in [5, 5.41) is 18.3. The third kappa shape index (κ3) is 4.98. The third-order valence-electron chi connectivity index (χ3n) is 3.97. The first-order valence-electron chi connectivity index (χ1n) is 8.64. The van der Waals surface area contributed by atoms with Crippen molar-refractivity contribution in [2.75, 3.05) is 14.2 Å². The zero-order valence-electron chi connectivity index (χ0n) is 16.1. The second-order valence-electron chi connectivity index (χ2n) is 5.85. The van der Waals surface area contributed by atoms with Crippen molar-refractivity contribution in [3.8, 4) is 23.0 Å². The molecule has 0 N–H and O–H groups in total. The molecule has 0 amide bonds. The number of methoxy groups -OCH3 is 2. The Balaban J connectivity index is 1.59. The number of rotatable bonds is 8. The fourth-order valence-electron chi connectivity index (χ4n) is 2.45. The zero-order valence-corrected chi connectivity index (χ0v) is 16.1. The van der Waals surface area contributed by atoms with Crippen LogP contribution in [-0.2, 0) is 16.1 Å². The van der Waals surface area contributed by atoms with Gasteiger partial charge in [-0.1, -0.05) is 0 Å². The first-order valence-corrected chi connectivity index (χ1v) is 8.64. The normalized spacial score (nSPS) is 10.7. The van der Waals surface area contributed by atoms with Crippen LogP contribution in [0.3, 0.4) is 0 Å². The Kier molecular flexibility index (Phi) is 6.38. The molecule has 0 aliphatic heterocycles. The van der Waals surface area contributed by atoms with Crippen LogP contribution < -0.4 is 9.47 Å². The molecule has 2 aromatic carbocycles. The highest BCUT2D eigenvalue weighted by molar-refractivity contribution is 5.87. The number of benzene rings is 2. The van der Waals surface area contributed by atoms with Gasteiger partial charge in [-0.3, -0.25) is 10.1 Å². The molecule has 3 aromatic rings. The average Bonchev–Trinajstić information content (AvgIpc) is 3.25. The molecule has 0 fully saturated rings. The fraction of sp³-hybridized carbons (Fsp3) is 0.150. The molecule has 154 valence electrons. The van der Waals surface area contributed by atoms with E-state index < -0.39 is 10.9 Å². The van der Waals surface area contributed by atoms with Crippen LogP contribution in [0, 0.1) is 10.1 Å². The Hall–Kier alpha value is -4.21. The number of hydrogen-bond donors (Lipinski definition) is 0. The van der Waals surface area contributed by atoms with Gasteiger partial charge in [-0.05, 0) is 30.3 Å². The van der Waals surface area contributed by atoms with Gasteiger partial charge in [-0.25, -0.2) is 4.79 Å². The lowest BCUT2D eigenvalue weighted by molar-refractivity contribution is -0.384. The highest BCUT2D eigenvalue weighted by Crippen LogP contribution is 2.25.